The molecule has 166 valence electrons. The van der Waals surface area contributed by atoms with Crippen LogP contribution in [0.5, 0.6) is 5.75 Å². The average Bonchev–Trinajstić information content (AvgIpc) is 3.09. The number of β-lactam (4-membered cyclic amide) rings is 1. The highest BCUT2D eigenvalue weighted by molar-refractivity contribution is 8.01. The van der Waals surface area contributed by atoms with E-state index in [9.17, 15) is 19.5 Å². The van der Waals surface area contributed by atoms with Crippen LogP contribution in [0.25, 0.3) is 0 Å². The van der Waals surface area contributed by atoms with Gasteiger partial charge in [-0.15, -0.1) is 11.8 Å². The van der Waals surface area contributed by atoms with Crippen LogP contribution in [0.2, 0.25) is 0 Å². The van der Waals surface area contributed by atoms with E-state index in [0.29, 0.717) is 5.56 Å². The van der Waals surface area contributed by atoms with Gasteiger partial charge < -0.3 is 19.5 Å². The normalized spacial score (nSPS) is 28.3. The molecule has 3 aliphatic rings. The summed E-state index contributed by atoms with van der Waals surface area (Å²) in [6, 6.07) is 4.72. The fraction of sp³-hybridized carbons (Fsp3) is 0.524. The van der Waals surface area contributed by atoms with Crippen LogP contribution in [0.15, 0.2) is 29.3 Å². The number of esters is 1. The summed E-state index contributed by atoms with van der Waals surface area (Å²) in [5.74, 6) is -1.09. The molecule has 0 bridgehead atoms. The van der Waals surface area contributed by atoms with Crippen LogP contribution in [0.1, 0.15) is 33.3 Å². The summed E-state index contributed by atoms with van der Waals surface area (Å²) in [5, 5.41) is 9.16. The minimum absolute atomic E-state index is 0.0895. The van der Waals surface area contributed by atoms with Gasteiger partial charge in [0.05, 0.1) is 0 Å². The standard InChI is InChI=1S/C21H25N3O6S/c1-20(2)15(19(28)30-10-29-5)23-17(27)14(18(23)31-20)24-16(26)13(22-21(24,3)4)11-6-8-12(25)9-7-11/h6-9,14-15,18,25H,10H2,1-5H3/t14?,15-,18+/m0/s1. The summed E-state index contributed by atoms with van der Waals surface area (Å²) in [6.07, 6.45) is 0. The van der Waals surface area contributed by atoms with E-state index < -0.39 is 28.5 Å². The van der Waals surface area contributed by atoms with Crippen molar-refractivity contribution in [3.05, 3.63) is 29.8 Å². The maximum atomic E-state index is 13.3. The molecule has 9 nitrogen and oxygen atoms in total. The lowest BCUT2D eigenvalue weighted by atomic mass is 9.94. The molecule has 4 rings (SSSR count). The predicted molar refractivity (Wildman–Crippen MR) is 113 cm³/mol. The number of aromatic hydroxyl groups is 1. The average molecular weight is 448 g/mol. The molecule has 31 heavy (non-hydrogen) atoms. The molecule has 1 N–H and O–H groups in total. The van der Waals surface area contributed by atoms with Gasteiger partial charge in [0.15, 0.2) is 6.79 Å². The zero-order valence-electron chi connectivity index (χ0n) is 18.0. The van der Waals surface area contributed by atoms with E-state index >= 15 is 0 Å². The number of hydrogen-bond donors (Lipinski definition) is 1. The number of phenols is 1. The molecule has 10 heteroatoms. The molecule has 0 spiro atoms. The number of methoxy groups -OCH3 is 1. The van der Waals surface area contributed by atoms with Gasteiger partial charge in [-0.2, -0.15) is 0 Å². The van der Waals surface area contributed by atoms with E-state index in [4.69, 9.17) is 9.47 Å². The van der Waals surface area contributed by atoms with Crippen LogP contribution in [0.3, 0.4) is 0 Å². The molecule has 3 heterocycles. The van der Waals surface area contributed by atoms with Crippen molar-refractivity contribution in [3.8, 4) is 5.75 Å². The molecule has 3 atom stereocenters. The predicted octanol–water partition coefficient (Wildman–Crippen LogP) is 1.34. The van der Waals surface area contributed by atoms with Gasteiger partial charge in [0.25, 0.3) is 5.91 Å². The van der Waals surface area contributed by atoms with E-state index in [0.717, 1.165) is 0 Å². The number of ether oxygens (including phenoxy) is 2. The first kappa shape index (κ1) is 21.6. The lowest BCUT2D eigenvalue weighted by molar-refractivity contribution is -0.176. The molecule has 1 aromatic rings. The first-order chi connectivity index (χ1) is 14.5. The molecule has 2 amide bonds. The first-order valence-electron chi connectivity index (χ1n) is 9.88. The first-order valence-corrected chi connectivity index (χ1v) is 10.8. The number of amides is 2. The van der Waals surface area contributed by atoms with Gasteiger partial charge in [-0.3, -0.25) is 19.5 Å². The molecule has 0 aliphatic carbocycles. The maximum absolute atomic E-state index is 13.3. The Bertz CT molecular complexity index is 974. The van der Waals surface area contributed by atoms with Crippen LogP contribution >= 0.6 is 11.8 Å². The monoisotopic (exact) mass is 447 g/mol. The fourth-order valence-electron chi connectivity index (χ4n) is 4.42. The van der Waals surface area contributed by atoms with Gasteiger partial charge in [0.1, 0.15) is 34.6 Å². The molecule has 0 saturated carbocycles. The summed E-state index contributed by atoms with van der Waals surface area (Å²) in [4.78, 5) is 46.8. The number of benzene rings is 1. The molecule has 0 radical (unpaired) electrons. The van der Waals surface area contributed by atoms with Crippen molar-refractivity contribution in [2.24, 2.45) is 4.99 Å². The van der Waals surface area contributed by atoms with Crippen LogP contribution in [-0.4, -0.2) is 80.2 Å². The minimum atomic E-state index is -0.934. The third-order valence-electron chi connectivity index (χ3n) is 5.77. The van der Waals surface area contributed by atoms with Crippen molar-refractivity contribution >= 4 is 35.3 Å². The quantitative estimate of drug-likeness (QED) is 0.412. The highest BCUT2D eigenvalue weighted by Gasteiger charge is 2.68. The second kappa shape index (κ2) is 7.23. The third-order valence-corrected chi connectivity index (χ3v) is 7.33. The zero-order valence-corrected chi connectivity index (χ0v) is 18.8. The molecule has 1 unspecified atom stereocenters. The van der Waals surface area contributed by atoms with E-state index in [1.807, 2.05) is 13.8 Å². The topological polar surface area (TPSA) is 109 Å². The summed E-state index contributed by atoms with van der Waals surface area (Å²) >= 11 is 1.47. The Balaban J connectivity index is 1.60. The molecule has 0 aromatic heterocycles. The molecule has 1 aromatic carbocycles. The van der Waals surface area contributed by atoms with Crippen molar-refractivity contribution in [1.29, 1.82) is 0 Å². The number of fused-ring (bicyclic) bond motifs is 1. The van der Waals surface area contributed by atoms with Crippen molar-refractivity contribution in [3.63, 3.8) is 0 Å². The van der Waals surface area contributed by atoms with E-state index in [2.05, 4.69) is 4.99 Å². The number of rotatable bonds is 5. The summed E-state index contributed by atoms with van der Waals surface area (Å²) in [6.45, 7) is 7.14. The van der Waals surface area contributed by atoms with E-state index in [-0.39, 0.29) is 35.4 Å². The van der Waals surface area contributed by atoms with E-state index in [1.54, 1.807) is 26.0 Å². The summed E-state index contributed by atoms with van der Waals surface area (Å²) in [7, 11) is 1.42. The number of hydrogen-bond acceptors (Lipinski definition) is 8. The van der Waals surface area contributed by atoms with Gasteiger partial charge in [-0.25, -0.2) is 4.79 Å². The number of carbonyl (C=O) groups excluding carboxylic acids is 3. The van der Waals surface area contributed by atoms with E-state index in [1.165, 1.54) is 40.8 Å². The van der Waals surface area contributed by atoms with Crippen LogP contribution in [-0.2, 0) is 23.9 Å². The number of nitrogens with zero attached hydrogens (tertiary/aromatic N) is 3. The van der Waals surface area contributed by atoms with Crippen molar-refractivity contribution in [1.82, 2.24) is 9.80 Å². The minimum Gasteiger partial charge on any atom is -0.508 e. The SMILES string of the molecule is COCOC(=O)[C@@H]1N2C(=O)C(N3C(=O)C(c4ccc(O)cc4)=NC3(C)C)[C@H]2SC1(C)C. The Morgan fingerprint density at radius 1 is 1.19 bits per heavy atom. The Labute approximate surface area is 184 Å². The number of phenolic OH excluding ortho intramolecular Hbond substituents is 1. The number of carbonyl (C=O) groups is 3. The molecule has 2 fully saturated rings. The molecular formula is C21H25N3O6S. The van der Waals surface area contributed by atoms with Gasteiger partial charge >= 0.3 is 5.97 Å². The van der Waals surface area contributed by atoms with Crippen LogP contribution in [0, 0.1) is 0 Å². The lowest BCUT2D eigenvalue weighted by Gasteiger charge is -2.50. The Hall–Kier alpha value is -2.59. The summed E-state index contributed by atoms with van der Waals surface area (Å²) < 4.78 is 9.35. The lowest BCUT2D eigenvalue weighted by Crippen LogP contribution is -2.73. The van der Waals surface area contributed by atoms with Crippen molar-refractivity contribution in [2.45, 2.75) is 55.6 Å². The second-order valence-corrected chi connectivity index (χ2v) is 10.5. The number of thioether (sulfide) groups is 1. The van der Waals surface area contributed by atoms with Crippen LogP contribution < -0.4 is 0 Å². The Morgan fingerprint density at radius 3 is 2.45 bits per heavy atom. The van der Waals surface area contributed by atoms with Crippen LogP contribution in [0.4, 0.5) is 0 Å². The highest BCUT2D eigenvalue weighted by Crippen LogP contribution is 2.53. The van der Waals surface area contributed by atoms with Gasteiger partial charge in [-0.05, 0) is 52.0 Å². The van der Waals surface area contributed by atoms with Gasteiger partial charge in [-0.1, -0.05) is 0 Å². The molecular weight excluding hydrogens is 422 g/mol. The second-order valence-electron chi connectivity index (χ2n) is 8.75. The van der Waals surface area contributed by atoms with Gasteiger partial charge in [0, 0.05) is 17.4 Å². The smallest absolute Gasteiger partial charge is 0.332 e. The Morgan fingerprint density at radius 2 is 1.84 bits per heavy atom. The maximum Gasteiger partial charge on any atom is 0.332 e. The Kier molecular flexibility index (Phi) is 5.05. The molecule has 3 aliphatic heterocycles. The fourth-order valence-corrected chi connectivity index (χ4v) is 6.09. The van der Waals surface area contributed by atoms with Crippen molar-refractivity contribution < 1.29 is 29.0 Å². The number of aliphatic imine (C=N–C) groups is 1. The largest absolute Gasteiger partial charge is 0.508 e. The third kappa shape index (κ3) is 3.28. The zero-order chi connectivity index (χ0) is 22.7. The highest BCUT2D eigenvalue weighted by atomic mass is 32.2. The van der Waals surface area contributed by atoms with Gasteiger partial charge in [0.2, 0.25) is 5.91 Å². The molecule has 2 saturated heterocycles. The van der Waals surface area contributed by atoms with Crippen molar-refractivity contribution in [2.75, 3.05) is 13.9 Å². The summed E-state index contributed by atoms with van der Waals surface area (Å²) in [5.41, 5.74) is -0.118.